The van der Waals surface area contributed by atoms with Crippen molar-refractivity contribution in [3.05, 3.63) is 98.5 Å². The first-order valence-corrected chi connectivity index (χ1v) is 10.4. The van der Waals surface area contributed by atoms with Crippen LogP contribution in [0.4, 0.5) is 5.69 Å². The number of amides is 1. The van der Waals surface area contributed by atoms with Crippen LogP contribution in [0.1, 0.15) is 21.5 Å². The molecule has 0 aliphatic rings. The highest BCUT2D eigenvalue weighted by Crippen LogP contribution is 2.26. The highest BCUT2D eigenvalue weighted by atomic mass is 35.5. The summed E-state index contributed by atoms with van der Waals surface area (Å²) in [4.78, 5) is 23.9. The standard InChI is InChI=1S/C15H10Cl3NO2.C7H8ClN/c16-8-14(20)19-13-4-2-1-3-10(13)15(21)9-5-6-11(17)12(18)7-9;8-7-3-1-2-6(4-7)5-9/h1-7H,8H2,(H,19,20);1-4H,5,9H2. The SMILES string of the molecule is NCc1cccc(Cl)c1.O=C(CCl)Nc1ccccc1C(=O)c1ccc(Cl)c(Cl)c1. The fourth-order valence-corrected chi connectivity index (χ4v) is 3.01. The van der Waals surface area contributed by atoms with Crippen molar-refractivity contribution in [2.75, 3.05) is 11.2 Å². The van der Waals surface area contributed by atoms with E-state index in [1.165, 1.54) is 6.07 Å². The second kappa shape index (κ2) is 11.9. The van der Waals surface area contributed by atoms with Gasteiger partial charge in [0, 0.05) is 22.7 Å². The van der Waals surface area contributed by atoms with Gasteiger partial charge in [-0.2, -0.15) is 0 Å². The van der Waals surface area contributed by atoms with Crippen LogP contribution in [0.2, 0.25) is 15.1 Å². The Kier molecular flexibility index (Phi) is 9.63. The second-order valence-corrected chi connectivity index (χ2v) is 7.54. The largest absolute Gasteiger partial charge is 0.326 e. The molecule has 8 heteroatoms. The number of hydrogen-bond donors (Lipinski definition) is 2. The Morgan fingerprint density at radius 2 is 1.60 bits per heavy atom. The van der Waals surface area contributed by atoms with Crippen LogP contribution in [0, 0.1) is 0 Å². The summed E-state index contributed by atoms with van der Waals surface area (Å²) in [5, 5.41) is 4.00. The summed E-state index contributed by atoms with van der Waals surface area (Å²) in [5.41, 5.74) is 7.58. The zero-order valence-corrected chi connectivity index (χ0v) is 18.7. The number of carbonyl (C=O) groups is 2. The molecule has 0 fully saturated rings. The van der Waals surface area contributed by atoms with E-state index < -0.39 is 0 Å². The molecule has 3 rings (SSSR count). The average molecular weight is 484 g/mol. The van der Waals surface area contributed by atoms with Gasteiger partial charge in [-0.15, -0.1) is 11.6 Å². The number of nitrogens with two attached hydrogens (primary N) is 1. The molecule has 3 aromatic rings. The van der Waals surface area contributed by atoms with Gasteiger partial charge in [0.1, 0.15) is 5.88 Å². The van der Waals surface area contributed by atoms with E-state index in [2.05, 4.69) is 5.32 Å². The number of rotatable bonds is 5. The molecule has 0 saturated carbocycles. The Bertz CT molecular complexity index is 1040. The van der Waals surface area contributed by atoms with Gasteiger partial charge in [-0.3, -0.25) is 9.59 Å². The van der Waals surface area contributed by atoms with Gasteiger partial charge >= 0.3 is 0 Å². The van der Waals surface area contributed by atoms with E-state index in [1.807, 2.05) is 24.3 Å². The maximum absolute atomic E-state index is 12.5. The number of para-hydroxylation sites is 1. The van der Waals surface area contributed by atoms with E-state index in [4.69, 9.17) is 52.1 Å². The lowest BCUT2D eigenvalue weighted by Crippen LogP contribution is -2.15. The summed E-state index contributed by atoms with van der Waals surface area (Å²) in [6.07, 6.45) is 0. The van der Waals surface area contributed by atoms with Crippen LogP contribution in [0.25, 0.3) is 0 Å². The Hall–Kier alpha value is -2.08. The highest BCUT2D eigenvalue weighted by Gasteiger charge is 2.15. The predicted molar refractivity (Wildman–Crippen MR) is 125 cm³/mol. The molecule has 0 radical (unpaired) electrons. The molecule has 0 bridgehead atoms. The van der Waals surface area contributed by atoms with Crippen molar-refractivity contribution in [3.63, 3.8) is 0 Å². The molecule has 4 nitrogen and oxygen atoms in total. The number of benzene rings is 3. The lowest BCUT2D eigenvalue weighted by atomic mass is 10.0. The fourth-order valence-electron chi connectivity index (χ4n) is 2.43. The normalized spacial score (nSPS) is 10.0. The summed E-state index contributed by atoms with van der Waals surface area (Å²) in [7, 11) is 0. The number of ketones is 1. The van der Waals surface area contributed by atoms with Crippen molar-refractivity contribution < 1.29 is 9.59 Å². The van der Waals surface area contributed by atoms with Gasteiger partial charge in [0.25, 0.3) is 0 Å². The minimum Gasteiger partial charge on any atom is -0.326 e. The molecule has 0 heterocycles. The number of anilines is 1. The third-order valence-corrected chi connectivity index (χ3v) is 5.09. The van der Waals surface area contributed by atoms with Gasteiger partial charge in [0.2, 0.25) is 5.91 Å². The third-order valence-electron chi connectivity index (χ3n) is 3.87. The van der Waals surface area contributed by atoms with E-state index in [0.29, 0.717) is 33.4 Å². The van der Waals surface area contributed by atoms with Gasteiger partial charge < -0.3 is 11.1 Å². The highest BCUT2D eigenvalue weighted by molar-refractivity contribution is 6.42. The van der Waals surface area contributed by atoms with Gasteiger partial charge in [-0.1, -0.05) is 59.1 Å². The first kappa shape index (κ1) is 24.2. The summed E-state index contributed by atoms with van der Waals surface area (Å²) in [6, 6.07) is 18.8. The molecule has 0 spiro atoms. The molecule has 156 valence electrons. The topological polar surface area (TPSA) is 72.2 Å². The molecular formula is C22H18Cl4N2O2. The van der Waals surface area contributed by atoms with Crippen molar-refractivity contribution in [1.29, 1.82) is 0 Å². The van der Waals surface area contributed by atoms with Crippen molar-refractivity contribution in [2.45, 2.75) is 6.54 Å². The van der Waals surface area contributed by atoms with Crippen LogP contribution < -0.4 is 11.1 Å². The van der Waals surface area contributed by atoms with E-state index in [-0.39, 0.29) is 17.6 Å². The van der Waals surface area contributed by atoms with E-state index >= 15 is 0 Å². The monoisotopic (exact) mass is 482 g/mol. The maximum Gasteiger partial charge on any atom is 0.239 e. The molecule has 0 aromatic heterocycles. The Morgan fingerprint density at radius 3 is 2.20 bits per heavy atom. The Morgan fingerprint density at radius 1 is 0.867 bits per heavy atom. The molecule has 3 aromatic carbocycles. The second-order valence-electron chi connectivity index (χ2n) is 6.02. The predicted octanol–water partition coefficient (Wildman–Crippen LogP) is 6.20. The van der Waals surface area contributed by atoms with E-state index in [0.717, 1.165) is 10.6 Å². The molecule has 3 N–H and O–H groups in total. The average Bonchev–Trinajstić information content (AvgIpc) is 2.76. The van der Waals surface area contributed by atoms with Crippen molar-refractivity contribution in [2.24, 2.45) is 5.73 Å². The smallest absolute Gasteiger partial charge is 0.239 e. The molecule has 0 atom stereocenters. The van der Waals surface area contributed by atoms with Crippen molar-refractivity contribution in [3.8, 4) is 0 Å². The van der Waals surface area contributed by atoms with Crippen LogP contribution in [-0.4, -0.2) is 17.6 Å². The van der Waals surface area contributed by atoms with Crippen LogP contribution >= 0.6 is 46.4 Å². The number of nitrogens with one attached hydrogen (secondary N) is 1. The van der Waals surface area contributed by atoms with Gasteiger partial charge in [0.05, 0.1) is 15.7 Å². The van der Waals surface area contributed by atoms with Crippen LogP contribution in [0.15, 0.2) is 66.7 Å². The molecule has 0 saturated heterocycles. The van der Waals surface area contributed by atoms with E-state index in [1.54, 1.807) is 36.4 Å². The molecule has 0 aliphatic carbocycles. The minimum absolute atomic E-state index is 0.185. The molecular weight excluding hydrogens is 466 g/mol. The molecule has 0 aliphatic heterocycles. The maximum atomic E-state index is 12.5. The van der Waals surface area contributed by atoms with Crippen LogP contribution in [-0.2, 0) is 11.3 Å². The van der Waals surface area contributed by atoms with E-state index in [9.17, 15) is 9.59 Å². The number of alkyl halides is 1. The molecule has 0 unspecified atom stereocenters. The minimum atomic E-state index is -0.383. The summed E-state index contributed by atoms with van der Waals surface area (Å²) >= 11 is 22.9. The fraction of sp³-hybridized carbons (Fsp3) is 0.0909. The number of carbonyl (C=O) groups excluding carboxylic acids is 2. The summed E-state index contributed by atoms with van der Waals surface area (Å²) in [5.74, 6) is -0.833. The number of halogens is 4. The summed E-state index contributed by atoms with van der Waals surface area (Å²) < 4.78 is 0. The lowest BCUT2D eigenvalue weighted by Gasteiger charge is -2.10. The van der Waals surface area contributed by atoms with Crippen LogP contribution in [0.3, 0.4) is 0 Å². The van der Waals surface area contributed by atoms with Crippen LogP contribution in [0.5, 0.6) is 0 Å². The quantitative estimate of drug-likeness (QED) is 0.335. The summed E-state index contributed by atoms with van der Waals surface area (Å²) in [6.45, 7) is 0.556. The van der Waals surface area contributed by atoms with Crippen molar-refractivity contribution in [1.82, 2.24) is 0 Å². The van der Waals surface area contributed by atoms with Gasteiger partial charge in [-0.25, -0.2) is 0 Å². The van der Waals surface area contributed by atoms with Gasteiger partial charge in [0.15, 0.2) is 5.78 Å². The number of hydrogen-bond acceptors (Lipinski definition) is 3. The third kappa shape index (κ3) is 7.01. The zero-order valence-electron chi connectivity index (χ0n) is 15.7. The lowest BCUT2D eigenvalue weighted by molar-refractivity contribution is -0.113. The Labute approximate surface area is 194 Å². The zero-order chi connectivity index (χ0) is 22.1. The first-order valence-electron chi connectivity index (χ1n) is 8.74. The Balaban J connectivity index is 0.000000297. The van der Waals surface area contributed by atoms with Gasteiger partial charge in [-0.05, 0) is 48.0 Å². The van der Waals surface area contributed by atoms with Crippen molar-refractivity contribution >= 4 is 63.8 Å². The molecule has 30 heavy (non-hydrogen) atoms. The molecule has 1 amide bonds. The first-order chi connectivity index (χ1) is 14.3.